The Morgan fingerprint density at radius 2 is 2.26 bits per heavy atom. The number of rotatable bonds is 7. The Morgan fingerprint density at radius 1 is 1.37 bits per heavy atom. The molecule has 2 aromatic rings. The number of nitrogens with zero attached hydrogens (tertiary/aromatic N) is 3. The molecule has 1 N–H and O–H groups in total. The van der Waals surface area contributed by atoms with Crippen molar-refractivity contribution in [1.29, 1.82) is 0 Å². The normalized spacial score (nSPS) is 10.6. The van der Waals surface area contributed by atoms with Crippen LogP contribution in [0.3, 0.4) is 0 Å². The molecule has 0 radical (unpaired) electrons. The van der Waals surface area contributed by atoms with Crippen molar-refractivity contribution in [3.8, 4) is 5.69 Å². The maximum Gasteiger partial charge on any atom is 0.138 e. The summed E-state index contributed by atoms with van der Waals surface area (Å²) in [6.45, 7) is 0.933. The highest BCUT2D eigenvalue weighted by atomic mass is 35.5. The molecule has 102 valence electrons. The summed E-state index contributed by atoms with van der Waals surface area (Å²) in [6, 6.07) is 5.73. The van der Waals surface area contributed by atoms with Crippen LogP contribution in [0.1, 0.15) is 12.8 Å². The summed E-state index contributed by atoms with van der Waals surface area (Å²) >= 11 is 7.93. The molecule has 0 aliphatic heterocycles. The molecule has 0 aliphatic rings. The van der Waals surface area contributed by atoms with Crippen molar-refractivity contribution in [1.82, 2.24) is 14.8 Å². The lowest BCUT2D eigenvalue weighted by Gasteiger charge is -2.12. The highest BCUT2D eigenvalue weighted by Gasteiger charge is 2.05. The molecule has 19 heavy (non-hydrogen) atoms. The molecule has 6 heteroatoms. The van der Waals surface area contributed by atoms with E-state index in [1.54, 1.807) is 11.0 Å². The average Bonchev–Trinajstić information content (AvgIpc) is 2.92. The Kier molecular flexibility index (Phi) is 5.54. The zero-order chi connectivity index (χ0) is 13.5. The fraction of sp³-hybridized carbons (Fsp3) is 0.385. The van der Waals surface area contributed by atoms with Crippen molar-refractivity contribution in [2.75, 3.05) is 23.9 Å². The summed E-state index contributed by atoms with van der Waals surface area (Å²) in [5.74, 6) is 1.20. The summed E-state index contributed by atoms with van der Waals surface area (Å²) in [5.41, 5.74) is 1.95. The van der Waals surface area contributed by atoms with Gasteiger partial charge in [0.05, 0.1) is 11.4 Å². The fourth-order valence-electron chi connectivity index (χ4n) is 1.78. The van der Waals surface area contributed by atoms with Crippen molar-refractivity contribution in [3.63, 3.8) is 0 Å². The van der Waals surface area contributed by atoms with Crippen LogP contribution >= 0.6 is 23.4 Å². The van der Waals surface area contributed by atoms with Crippen LogP contribution in [0.4, 0.5) is 5.69 Å². The average molecular weight is 297 g/mol. The van der Waals surface area contributed by atoms with Crippen LogP contribution in [0, 0.1) is 0 Å². The van der Waals surface area contributed by atoms with Crippen LogP contribution < -0.4 is 5.32 Å². The van der Waals surface area contributed by atoms with E-state index in [0.29, 0.717) is 0 Å². The zero-order valence-corrected chi connectivity index (χ0v) is 12.4. The molecule has 0 unspecified atom stereocenters. The van der Waals surface area contributed by atoms with Gasteiger partial charge < -0.3 is 5.32 Å². The maximum atomic E-state index is 6.05. The number of hydrogen-bond donors (Lipinski definition) is 1. The molecule has 0 atom stereocenters. The Morgan fingerprint density at radius 3 is 3.00 bits per heavy atom. The Balaban J connectivity index is 2.04. The van der Waals surface area contributed by atoms with E-state index >= 15 is 0 Å². The van der Waals surface area contributed by atoms with Crippen molar-refractivity contribution in [2.24, 2.45) is 0 Å². The zero-order valence-electron chi connectivity index (χ0n) is 10.8. The number of anilines is 1. The smallest absolute Gasteiger partial charge is 0.138 e. The fourth-order valence-corrected chi connectivity index (χ4v) is 2.44. The summed E-state index contributed by atoms with van der Waals surface area (Å²) in [5, 5.41) is 8.29. The Labute approximate surface area is 122 Å². The second kappa shape index (κ2) is 7.40. The van der Waals surface area contributed by atoms with Gasteiger partial charge in [-0.3, -0.25) is 0 Å². The summed E-state index contributed by atoms with van der Waals surface area (Å²) in [7, 11) is 0. The van der Waals surface area contributed by atoms with Crippen molar-refractivity contribution in [2.45, 2.75) is 12.8 Å². The number of halogens is 1. The molecule has 0 fully saturated rings. The predicted molar refractivity (Wildman–Crippen MR) is 82.5 cm³/mol. The summed E-state index contributed by atoms with van der Waals surface area (Å²) in [6.07, 6.45) is 7.70. The molecule has 0 saturated carbocycles. The van der Waals surface area contributed by atoms with Crippen LogP contribution in [-0.4, -0.2) is 33.3 Å². The minimum Gasteiger partial charge on any atom is -0.383 e. The molecule has 0 saturated heterocycles. The third-order valence-electron chi connectivity index (χ3n) is 2.71. The largest absolute Gasteiger partial charge is 0.383 e. The summed E-state index contributed by atoms with van der Waals surface area (Å²) in [4.78, 5) is 3.97. The number of unbranched alkanes of at least 4 members (excludes halogenated alkanes) is 1. The van der Waals surface area contributed by atoms with Gasteiger partial charge in [-0.2, -0.15) is 16.9 Å². The minimum absolute atomic E-state index is 0.718. The lowest BCUT2D eigenvalue weighted by molar-refractivity contribution is 0.835. The van der Waals surface area contributed by atoms with Crippen molar-refractivity contribution >= 4 is 29.1 Å². The first-order valence-corrected chi connectivity index (χ1v) is 7.96. The van der Waals surface area contributed by atoms with Crippen LogP contribution in [0.15, 0.2) is 30.9 Å². The number of aromatic nitrogens is 3. The van der Waals surface area contributed by atoms with Crippen molar-refractivity contribution in [3.05, 3.63) is 35.9 Å². The molecular formula is C13H17ClN4S. The number of thioether (sulfide) groups is 1. The van der Waals surface area contributed by atoms with Gasteiger partial charge in [0.15, 0.2) is 0 Å². The van der Waals surface area contributed by atoms with Crippen LogP contribution in [0.5, 0.6) is 0 Å². The van der Waals surface area contributed by atoms with Crippen LogP contribution in [0.2, 0.25) is 5.02 Å². The highest BCUT2D eigenvalue weighted by molar-refractivity contribution is 7.98. The SMILES string of the molecule is CSCCCCNc1cc(Cl)ccc1-n1cncn1. The molecule has 0 amide bonds. The minimum atomic E-state index is 0.718. The van der Waals surface area contributed by atoms with E-state index in [1.807, 2.05) is 30.0 Å². The lowest BCUT2D eigenvalue weighted by Crippen LogP contribution is -2.06. The molecule has 4 nitrogen and oxygen atoms in total. The van der Waals surface area contributed by atoms with Gasteiger partial charge in [0.25, 0.3) is 0 Å². The van der Waals surface area contributed by atoms with Gasteiger partial charge in [-0.25, -0.2) is 9.67 Å². The second-order valence-corrected chi connectivity index (χ2v) is 5.55. The highest BCUT2D eigenvalue weighted by Crippen LogP contribution is 2.23. The Hall–Kier alpha value is -1.20. The summed E-state index contributed by atoms with van der Waals surface area (Å²) < 4.78 is 1.74. The van der Waals surface area contributed by atoms with Crippen molar-refractivity contribution < 1.29 is 0 Å². The number of nitrogens with one attached hydrogen (secondary N) is 1. The van der Waals surface area contributed by atoms with E-state index in [-0.39, 0.29) is 0 Å². The first kappa shape index (κ1) is 14.2. The van der Waals surface area contributed by atoms with Gasteiger partial charge in [0.1, 0.15) is 12.7 Å². The first-order valence-electron chi connectivity index (χ1n) is 6.18. The molecular weight excluding hydrogens is 280 g/mol. The molecule has 2 rings (SSSR count). The predicted octanol–water partition coefficient (Wildman–Crippen LogP) is 3.48. The van der Waals surface area contributed by atoms with Crippen LogP contribution in [0.25, 0.3) is 5.69 Å². The Bertz CT molecular complexity index is 501. The van der Waals surface area contributed by atoms with E-state index in [1.165, 1.54) is 18.5 Å². The number of benzene rings is 1. The maximum absolute atomic E-state index is 6.05. The van der Waals surface area contributed by atoms with Gasteiger partial charge in [0.2, 0.25) is 0 Å². The van der Waals surface area contributed by atoms with Gasteiger partial charge in [-0.1, -0.05) is 11.6 Å². The van der Waals surface area contributed by atoms with Gasteiger partial charge in [-0.15, -0.1) is 0 Å². The molecule has 1 aromatic heterocycles. The van der Waals surface area contributed by atoms with E-state index in [0.717, 1.165) is 29.4 Å². The van der Waals surface area contributed by atoms with E-state index in [2.05, 4.69) is 21.7 Å². The van der Waals surface area contributed by atoms with E-state index < -0.39 is 0 Å². The third kappa shape index (κ3) is 4.14. The van der Waals surface area contributed by atoms with E-state index in [4.69, 9.17) is 11.6 Å². The molecule has 0 bridgehead atoms. The first-order chi connectivity index (χ1) is 9.31. The van der Waals surface area contributed by atoms with Gasteiger partial charge >= 0.3 is 0 Å². The van der Waals surface area contributed by atoms with Gasteiger partial charge in [0, 0.05) is 11.6 Å². The number of hydrogen-bond acceptors (Lipinski definition) is 4. The lowest BCUT2D eigenvalue weighted by atomic mass is 10.2. The monoisotopic (exact) mass is 296 g/mol. The van der Waals surface area contributed by atoms with Crippen LogP contribution in [-0.2, 0) is 0 Å². The quantitative estimate of drug-likeness (QED) is 0.795. The molecule has 0 aliphatic carbocycles. The van der Waals surface area contributed by atoms with E-state index in [9.17, 15) is 0 Å². The second-order valence-electron chi connectivity index (χ2n) is 4.13. The molecule has 1 aromatic carbocycles. The molecule has 1 heterocycles. The van der Waals surface area contributed by atoms with Gasteiger partial charge in [-0.05, 0) is 43.0 Å². The standard InChI is InChI=1S/C13H17ClN4S/c1-19-7-3-2-6-16-12-8-11(14)4-5-13(12)18-10-15-9-17-18/h4-5,8-10,16H,2-3,6-7H2,1H3. The molecule has 0 spiro atoms. The topological polar surface area (TPSA) is 42.7 Å². The third-order valence-corrected chi connectivity index (χ3v) is 3.65.